The predicted molar refractivity (Wildman–Crippen MR) is 82.8 cm³/mol. The van der Waals surface area contributed by atoms with E-state index in [1.807, 2.05) is 18.2 Å². The summed E-state index contributed by atoms with van der Waals surface area (Å²) in [4.78, 5) is 12.2. The van der Waals surface area contributed by atoms with Crippen molar-refractivity contribution in [2.75, 3.05) is 18.4 Å². The highest BCUT2D eigenvalue weighted by molar-refractivity contribution is 5.92. The van der Waals surface area contributed by atoms with Gasteiger partial charge in [0.2, 0.25) is 11.8 Å². The molecule has 1 saturated heterocycles. The van der Waals surface area contributed by atoms with E-state index < -0.39 is 0 Å². The number of carbonyl (C=O) groups is 1. The van der Waals surface area contributed by atoms with E-state index in [9.17, 15) is 4.79 Å². The Hall–Kier alpha value is -2.47. The summed E-state index contributed by atoms with van der Waals surface area (Å²) in [6, 6.07) is 10.8. The van der Waals surface area contributed by atoms with Crippen LogP contribution in [0.1, 0.15) is 12.8 Å². The molecule has 2 N–H and O–H groups in total. The molecule has 1 amide bonds. The molecule has 2 heterocycles. The first-order chi connectivity index (χ1) is 10.8. The van der Waals surface area contributed by atoms with Crippen molar-refractivity contribution in [2.24, 2.45) is 5.92 Å². The minimum atomic E-state index is 0.0262. The molecule has 22 heavy (non-hydrogen) atoms. The molecule has 1 aromatic heterocycles. The summed E-state index contributed by atoms with van der Waals surface area (Å²) in [5.41, 5.74) is 0.719. The summed E-state index contributed by atoms with van der Waals surface area (Å²) in [5, 5.41) is 13.8. The van der Waals surface area contributed by atoms with Gasteiger partial charge in [-0.25, -0.2) is 0 Å². The molecule has 114 valence electrons. The van der Waals surface area contributed by atoms with Crippen LogP contribution in [0.25, 0.3) is 0 Å². The van der Waals surface area contributed by atoms with Crippen molar-refractivity contribution in [1.82, 2.24) is 15.5 Å². The number of anilines is 1. The summed E-state index contributed by atoms with van der Waals surface area (Å²) >= 11 is 0. The van der Waals surface area contributed by atoms with E-state index in [0.29, 0.717) is 11.6 Å². The lowest BCUT2D eigenvalue weighted by Gasteiger charge is -2.21. The lowest BCUT2D eigenvalue weighted by molar-refractivity contribution is -0.120. The topological polar surface area (TPSA) is 76.1 Å². The number of piperidine rings is 1. The minimum Gasteiger partial charge on any atom is -0.437 e. The zero-order valence-corrected chi connectivity index (χ0v) is 12.2. The van der Waals surface area contributed by atoms with Crippen LogP contribution in [0.4, 0.5) is 5.69 Å². The Labute approximate surface area is 128 Å². The number of rotatable bonds is 4. The molecular formula is C16H18N4O2. The smallest absolute Gasteiger partial charge is 0.238 e. The summed E-state index contributed by atoms with van der Waals surface area (Å²) < 4.78 is 5.61. The van der Waals surface area contributed by atoms with Crippen molar-refractivity contribution < 1.29 is 9.53 Å². The Balaban J connectivity index is 1.64. The van der Waals surface area contributed by atoms with Gasteiger partial charge in [-0.1, -0.05) is 6.07 Å². The van der Waals surface area contributed by atoms with Gasteiger partial charge in [-0.2, -0.15) is 5.10 Å². The zero-order chi connectivity index (χ0) is 15.2. The van der Waals surface area contributed by atoms with Crippen molar-refractivity contribution in [3.05, 3.63) is 42.6 Å². The van der Waals surface area contributed by atoms with Crippen molar-refractivity contribution in [1.29, 1.82) is 0 Å². The number of nitrogens with zero attached hydrogens (tertiary/aromatic N) is 2. The molecule has 6 heteroatoms. The van der Waals surface area contributed by atoms with Gasteiger partial charge in [0.15, 0.2) is 0 Å². The lowest BCUT2D eigenvalue weighted by Crippen LogP contribution is -2.37. The van der Waals surface area contributed by atoms with Gasteiger partial charge in [-0.05, 0) is 37.6 Å². The monoisotopic (exact) mass is 298 g/mol. The fourth-order valence-electron chi connectivity index (χ4n) is 2.42. The number of hydrogen-bond acceptors (Lipinski definition) is 5. The molecule has 2 aromatic rings. The molecule has 1 aromatic carbocycles. The van der Waals surface area contributed by atoms with Crippen LogP contribution >= 0.6 is 0 Å². The second-order valence-corrected chi connectivity index (χ2v) is 5.22. The second kappa shape index (κ2) is 7.00. The van der Waals surface area contributed by atoms with E-state index in [-0.39, 0.29) is 11.8 Å². The molecule has 6 nitrogen and oxygen atoms in total. The standard InChI is InChI=1S/C16H18N4O2/c21-16(12-4-2-8-17-11-12)19-13-5-1-6-14(10-13)22-15-7-3-9-18-20-15/h1,3,5-7,9-10,12,17H,2,4,8,11H2,(H,19,21). The zero-order valence-electron chi connectivity index (χ0n) is 12.2. The third kappa shape index (κ3) is 3.79. The van der Waals surface area contributed by atoms with E-state index in [1.54, 1.807) is 24.4 Å². The van der Waals surface area contributed by atoms with Crippen LogP contribution in [-0.4, -0.2) is 29.2 Å². The average molecular weight is 298 g/mol. The molecule has 0 radical (unpaired) electrons. The van der Waals surface area contributed by atoms with E-state index in [1.165, 1.54) is 0 Å². The van der Waals surface area contributed by atoms with Crippen molar-refractivity contribution in [2.45, 2.75) is 12.8 Å². The Morgan fingerprint density at radius 1 is 1.32 bits per heavy atom. The first-order valence-electron chi connectivity index (χ1n) is 7.38. The number of amides is 1. The average Bonchev–Trinajstić information content (AvgIpc) is 2.57. The first kappa shape index (κ1) is 14.5. The maximum atomic E-state index is 12.2. The number of nitrogens with one attached hydrogen (secondary N) is 2. The van der Waals surface area contributed by atoms with Crippen LogP contribution in [0, 0.1) is 5.92 Å². The molecule has 1 atom stereocenters. The molecular weight excluding hydrogens is 280 g/mol. The molecule has 0 aliphatic carbocycles. The highest BCUT2D eigenvalue weighted by Gasteiger charge is 2.20. The first-order valence-corrected chi connectivity index (χ1v) is 7.38. The number of carbonyl (C=O) groups excluding carboxylic acids is 1. The Morgan fingerprint density at radius 3 is 3.05 bits per heavy atom. The van der Waals surface area contributed by atoms with E-state index in [0.717, 1.165) is 31.6 Å². The molecule has 0 saturated carbocycles. The maximum absolute atomic E-state index is 12.2. The molecule has 1 unspecified atom stereocenters. The molecule has 1 aliphatic heterocycles. The summed E-state index contributed by atoms with van der Waals surface area (Å²) in [7, 11) is 0. The van der Waals surface area contributed by atoms with Gasteiger partial charge in [-0.15, -0.1) is 5.10 Å². The highest BCUT2D eigenvalue weighted by atomic mass is 16.5. The van der Waals surface area contributed by atoms with E-state index in [2.05, 4.69) is 20.8 Å². The van der Waals surface area contributed by atoms with Crippen molar-refractivity contribution >= 4 is 11.6 Å². The van der Waals surface area contributed by atoms with Gasteiger partial charge in [-0.3, -0.25) is 4.79 Å². The summed E-state index contributed by atoms with van der Waals surface area (Å²) in [6.07, 6.45) is 3.55. The number of hydrogen-bond donors (Lipinski definition) is 2. The van der Waals surface area contributed by atoms with Crippen LogP contribution in [-0.2, 0) is 4.79 Å². The number of aromatic nitrogens is 2. The maximum Gasteiger partial charge on any atom is 0.238 e. The number of benzene rings is 1. The van der Waals surface area contributed by atoms with E-state index >= 15 is 0 Å². The summed E-state index contributed by atoms with van der Waals surface area (Å²) in [5.74, 6) is 1.10. The molecule has 0 bridgehead atoms. The van der Waals surface area contributed by atoms with Crippen LogP contribution < -0.4 is 15.4 Å². The fourth-order valence-corrected chi connectivity index (χ4v) is 2.42. The van der Waals surface area contributed by atoms with Gasteiger partial charge < -0.3 is 15.4 Å². The third-order valence-corrected chi connectivity index (χ3v) is 3.54. The molecule has 3 rings (SSSR count). The van der Waals surface area contributed by atoms with Crippen LogP contribution in [0.15, 0.2) is 42.6 Å². The number of ether oxygens (including phenoxy) is 1. The highest BCUT2D eigenvalue weighted by Crippen LogP contribution is 2.23. The van der Waals surface area contributed by atoms with Gasteiger partial charge in [0.25, 0.3) is 0 Å². The fraction of sp³-hybridized carbons (Fsp3) is 0.312. The third-order valence-electron chi connectivity index (χ3n) is 3.54. The van der Waals surface area contributed by atoms with Crippen molar-refractivity contribution in [3.63, 3.8) is 0 Å². The lowest BCUT2D eigenvalue weighted by atomic mass is 9.99. The van der Waals surface area contributed by atoms with Crippen LogP contribution in [0.5, 0.6) is 11.6 Å². The van der Waals surface area contributed by atoms with Crippen molar-refractivity contribution in [3.8, 4) is 11.6 Å². The van der Waals surface area contributed by atoms with Gasteiger partial charge in [0, 0.05) is 30.6 Å². The van der Waals surface area contributed by atoms with Gasteiger partial charge in [0.05, 0.1) is 5.92 Å². The summed E-state index contributed by atoms with van der Waals surface area (Å²) in [6.45, 7) is 1.73. The Morgan fingerprint density at radius 2 is 2.27 bits per heavy atom. The Kier molecular flexibility index (Phi) is 4.60. The molecule has 0 spiro atoms. The quantitative estimate of drug-likeness (QED) is 0.905. The minimum absolute atomic E-state index is 0.0262. The predicted octanol–water partition coefficient (Wildman–Crippen LogP) is 2.21. The van der Waals surface area contributed by atoms with E-state index in [4.69, 9.17) is 4.74 Å². The van der Waals surface area contributed by atoms with Crippen LogP contribution in [0.3, 0.4) is 0 Å². The second-order valence-electron chi connectivity index (χ2n) is 5.22. The Bertz CT molecular complexity index is 627. The molecule has 1 fully saturated rings. The van der Waals surface area contributed by atoms with Crippen LogP contribution in [0.2, 0.25) is 0 Å². The largest absolute Gasteiger partial charge is 0.437 e. The molecule has 1 aliphatic rings. The van der Waals surface area contributed by atoms with Gasteiger partial charge in [0.1, 0.15) is 5.75 Å². The normalized spacial score (nSPS) is 17.7. The van der Waals surface area contributed by atoms with Gasteiger partial charge >= 0.3 is 0 Å². The SMILES string of the molecule is O=C(Nc1cccc(Oc2cccnn2)c1)C1CCCNC1.